The Bertz CT molecular complexity index is 788. The molecule has 7 heteroatoms. The van der Waals surface area contributed by atoms with Crippen LogP contribution in [0.1, 0.15) is 16.7 Å². The molecule has 24 heavy (non-hydrogen) atoms. The van der Waals surface area contributed by atoms with Crippen molar-refractivity contribution in [2.45, 2.75) is 6.18 Å². The van der Waals surface area contributed by atoms with Crippen LogP contribution >= 0.6 is 0 Å². The fraction of sp³-hybridized carbons (Fsp3) is 0.176. The quantitative estimate of drug-likeness (QED) is 0.543. The molecule has 0 unspecified atom stereocenters. The zero-order valence-electron chi connectivity index (χ0n) is 12.5. The fourth-order valence-electron chi connectivity index (χ4n) is 2.44. The summed E-state index contributed by atoms with van der Waals surface area (Å²) in [5, 5.41) is 0. The smallest absolute Gasteiger partial charge is 0.322 e. The van der Waals surface area contributed by atoms with E-state index in [1.807, 2.05) is 0 Å². The number of halogens is 3. The number of carbonyl (C=O) groups excluding carboxylic acids is 1. The predicted molar refractivity (Wildman–Crippen MR) is 80.6 cm³/mol. The van der Waals surface area contributed by atoms with Crippen LogP contribution in [-0.2, 0) is 31.1 Å². The average Bonchev–Trinajstić information content (AvgIpc) is 2.65. The minimum Gasteiger partial charge on any atom is -0.322 e. The van der Waals surface area contributed by atoms with E-state index in [-0.39, 0.29) is 38.1 Å². The van der Waals surface area contributed by atoms with Crippen LogP contribution in [-0.4, -0.2) is 25.2 Å². The Labute approximate surface area is 150 Å². The largest absolute Gasteiger partial charge is 0.416 e. The standard InChI is InChI=1S/C17H12F3N2O.Ir/c1-22-14-8-7-12(17(18,19)20)9-13(14)16(21-10-15(22)23)11-5-3-2-4-6-11;/h2-5,7-9H,10H2,1H3;/q-1;. The maximum absolute atomic E-state index is 13.0. The second-order valence-corrected chi connectivity index (χ2v) is 5.12. The summed E-state index contributed by atoms with van der Waals surface area (Å²) in [6, 6.07) is 13.1. The minimum atomic E-state index is -4.46. The van der Waals surface area contributed by atoms with Gasteiger partial charge in [-0.25, -0.2) is 0 Å². The summed E-state index contributed by atoms with van der Waals surface area (Å²) in [6.07, 6.45) is -4.46. The molecule has 0 fully saturated rings. The fourth-order valence-corrected chi connectivity index (χ4v) is 2.44. The monoisotopic (exact) mass is 510 g/mol. The summed E-state index contributed by atoms with van der Waals surface area (Å²) in [5.41, 5.74) is 0.787. The van der Waals surface area contributed by atoms with Crippen molar-refractivity contribution in [1.29, 1.82) is 0 Å². The van der Waals surface area contributed by atoms with E-state index in [2.05, 4.69) is 11.1 Å². The number of hydrogen-bond acceptors (Lipinski definition) is 2. The molecule has 127 valence electrons. The Hall–Kier alpha value is -1.98. The minimum absolute atomic E-state index is 0. The number of aliphatic imine (C=N–C) groups is 1. The number of likely N-dealkylation sites (N-methyl/N-ethyl adjacent to an activating group) is 1. The van der Waals surface area contributed by atoms with Gasteiger partial charge in [-0.3, -0.25) is 4.79 Å². The summed E-state index contributed by atoms with van der Waals surface area (Å²) in [7, 11) is 1.53. The van der Waals surface area contributed by atoms with E-state index in [9.17, 15) is 18.0 Å². The molecule has 2 aromatic rings. The van der Waals surface area contributed by atoms with Gasteiger partial charge in [0.2, 0.25) is 5.91 Å². The van der Waals surface area contributed by atoms with Crippen LogP contribution in [0.3, 0.4) is 0 Å². The van der Waals surface area contributed by atoms with Crippen LogP contribution in [0.25, 0.3) is 0 Å². The van der Waals surface area contributed by atoms with E-state index in [0.29, 0.717) is 17.0 Å². The van der Waals surface area contributed by atoms with E-state index in [0.717, 1.165) is 12.1 Å². The van der Waals surface area contributed by atoms with Gasteiger partial charge in [-0.2, -0.15) is 13.2 Å². The zero-order chi connectivity index (χ0) is 16.6. The maximum Gasteiger partial charge on any atom is 0.416 e. The Morgan fingerprint density at radius 3 is 2.58 bits per heavy atom. The molecule has 0 N–H and O–H groups in total. The topological polar surface area (TPSA) is 32.7 Å². The first-order valence-corrected chi connectivity index (χ1v) is 6.87. The number of anilines is 1. The first-order chi connectivity index (χ1) is 10.9. The van der Waals surface area contributed by atoms with Gasteiger partial charge in [0.05, 0.1) is 5.56 Å². The molecule has 1 radical (unpaired) electrons. The van der Waals surface area contributed by atoms with Crippen LogP contribution in [0.15, 0.2) is 47.5 Å². The van der Waals surface area contributed by atoms with Gasteiger partial charge in [0.15, 0.2) is 0 Å². The molecule has 1 aliphatic rings. The molecule has 0 aromatic heterocycles. The number of alkyl halides is 3. The number of carbonyl (C=O) groups is 1. The molecule has 2 aromatic carbocycles. The molecule has 0 spiro atoms. The van der Waals surface area contributed by atoms with Crippen LogP contribution in [0.4, 0.5) is 18.9 Å². The molecule has 0 bridgehead atoms. The second-order valence-electron chi connectivity index (χ2n) is 5.12. The van der Waals surface area contributed by atoms with E-state index in [4.69, 9.17) is 0 Å². The van der Waals surface area contributed by atoms with Crippen molar-refractivity contribution in [3.63, 3.8) is 0 Å². The van der Waals surface area contributed by atoms with Crippen LogP contribution in [0.2, 0.25) is 0 Å². The number of benzodiazepines with no additional fused rings is 1. The predicted octanol–water partition coefficient (Wildman–Crippen LogP) is 3.32. The molecular formula is C17H12F3IrN2O-. The van der Waals surface area contributed by atoms with Crippen molar-refractivity contribution in [3.8, 4) is 0 Å². The van der Waals surface area contributed by atoms with Crippen molar-refractivity contribution in [3.05, 3.63) is 65.2 Å². The number of benzene rings is 2. The number of nitrogens with zero attached hydrogens (tertiary/aromatic N) is 2. The molecule has 0 aliphatic carbocycles. The third-order valence-corrected chi connectivity index (χ3v) is 3.65. The van der Waals surface area contributed by atoms with Crippen molar-refractivity contribution in [2.24, 2.45) is 4.99 Å². The second kappa shape index (κ2) is 6.87. The SMILES string of the molecule is CN1C(=O)CN=C(c2[c-]cccc2)c2cc(C(F)(F)F)ccc21.[Ir]. The van der Waals surface area contributed by atoms with Crippen LogP contribution in [0, 0.1) is 6.07 Å². The van der Waals surface area contributed by atoms with Gasteiger partial charge in [0.25, 0.3) is 0 Å². The van der Waals surface area contributed by atoms with Gasteiger partial charge in [-0.05, 0) is 29.5 Å². The van der Waals surface area contributed by atoms with Crippen molar-refractivity contribution in [2.75, 3.05) is 18.5 Å². The molecule has 1 heterocycles. The number of fused-ring (bicyclic) bond motifs is 1. The number of hydrogen-bond donors (Lipinski definition) is 0. The Kier molecular flexibility index (Phi) is 5.25. The molecule has 1 amide bonds. The van der Waals surface area contributed by atoms with E-state index >= 15 is 0 Å². The summed E-state index contributed by atoms with van der Waals surface area (Å²) in [5.74, 6) is -0.281. The Balaban J connectivity index is 0.00000208. The summed E-state index contributed by atoms with van der Waals surface area (Å²) in [4.78, 5) is 17.6. The van der Waals surface area contributed by atoms with Crippen LogP contribution < -0.4 is 4.90 Å². The number of amides is 1. The Morgan fingerprint density at radius 2 is 1.96 bits per heavy atom. The van der Waals surface area contributed by atoms with Crippen LogP contribution in [0.5, 0.6) is 0 Å². The van der Waals surface area contributed by atoms with Crippen molar-refractivity contribution >= 4 is 17.3 Å². The van der Waals surface area contributed by atoms with E-state index in [1.54, 1.807) is 24.3 Å². The first-order valence-electron chi connectivity index (χ1n) is 6.87. The first kappa shape index (κ1) is 18.4. The third-order valence-electron chi connectivity index (χ3n) is 3.65. The van der Waals surface area contributed by atoms with Crippen molar-refractivity contribution in [1.82, 2.24) is 0 Å². The molecule has 0 saturated carbocycles. The van der Waals surface area contributed by atoms with Gasteiger partial charge in [-0.1, -0.05) is 0 Å². The molecule has 1 aliphatic heterocycles. The zero-order valence-corrected chi connectivity index (χ0v) is 14.9. The summed E-state index contributed by atoms with van der Waals surface area (Å²) in [6.45, 7) is -0.120. The van der Waals surface area contributed by atoms with Gasteiger partial charge < -0.3 is 9.89 Å². The van der Waals surface area contributed by atoms with Gasteiger partial charge in [0, 0.05) is 32.8 Å². The van der Waals surface area contributed by atoms with E-state index in [1.165, 1.54) is 18.0 Å². The Morgan fingerprint density at radius 1 is 1.21 bits per heavy atom. The average molecular weight is 510 g/mol. The van der Waals surface area contributed by atoms with Gasteiger partial charge in [-0.15, -0.1) is 35.9 Å². The normalized spacial score (nSPS) is 14.4. The molecule has 0 saturated heterocycles. The maximum atomic E-state index is 13.0. The van der Waals surface area contributed by atoms with Crippen molar-refractivity contribution < 1.29 is 38.1 Å². The molecule has 3 rings (SSSR count). The van der Waals surface area contributed by atoms with E-state index < -0.39 is 11.7 Å². The molecular weight excluding hydrogens is 497 g/mol. The number of rotatable bonds is 1. The molecule has 0 atom stereocenters. The molecule has 3 nitrogen and oxygen atoms in total. The van der Waals surface area contributed by atoms with Gasteiger partial charge in [0.1, 0.15) is 6.54 Å². The van der Waals surface area contributed by atoms with Gasteiger partial charge >= 0.3 is 6.18 Å². The third kappa shape index (κ3) is 3.42. The summed E-state index contributed by atoms with van der Waals surface area (Å²) < 4.78 is 39.1. The summed E-state index contributed by atoms with van der Waals surface area (Å²) >= 11 is 0.